The molecule has 0 radical (unpaired) electrons. The number of rotatable bonds is 6. The molecule has 2 unspecified atom stereocenters. The van der Waals surface area contributed by atoms with Gasteiger partial charge < -0.3 is 20.4 Å². The van der Waals surface area contributed by atoms with Gasteiger partial charge in [0, 0.05) is 30.0 Å². The first-order chi connectivity index (χ1) is 13.2. The number of oxazole rings is 1. The van der Waals surface area contributed by atoms with Gasteiger partial charge in [-0.15, -0.1) is 0 Å². The number of nitrogens with one attached hydrogen (secondary N) is 3. The number of amides is 1. The molecule has 158 valence electrons. The molecular formula is C21H37N5O2. The zero-order valence-corrected chi connectivity index (χ0v) is 18.3. The Hall–Kier alpha value is -2.05. The molecule has 28 heavy (non-hydrogen) atoms. The molecule has 2 atom stereocenters. The Bertz CT molecular complexity index is 660. The molecule has 1 heterocycles. The van der Waals surface area contributed by atoms with Crippen molar-refractivity contribution in [3.8, 4) is 0 Å². The standard InChI is InChI=1S/C21H37N5O2/c1-7-22-20(24-13-18-23-12-17(28-18)21(4,5)6)26-16-10-8-9-15(11-16)19(27)25-14(2)3/h12,14-16H,7-11,13H2,1-6H3,(H,25,27)(H2,22,24,26). The van der Waals surface area contributed by atoms with E-state index in [9.17, 15) is 4.79 Å². The molecular weight excluding hydrogens is 354 g/mol. The summed E-state index contributed by atoms with van der Waals surface area (Å²) in [7, 11) is 0. The second-order valence-electron chi connectivity index (χ2n) is 8.93. The second kappa shape index (κ2) is 9.94. The molecule has 0 saturated heterocycles. The summed E-state index contributed by atoms with van der Waals surface area (Å²) in [6.45, 7) is 13.5. The molecule has 1 aromatic heterocycles. The van der Waals surface area contributed by atoms with Crippen LogP contribution in [-0.4, -0.2) is 35.5 Å². The van der Waals surface area contributed by atoms with Crippen LogP contribution in [0.1, 0.15) is 78.9 Å². The molecule has 0 aromatic carbocycles. The van der Waals surface area contributed by atoms with E-state index in [-0.39, 0.29) is 29.3 Å². The lowest BCUT2D eigenvalue weighted by molar-refractivity contribution is -0.126. The highest BCUT2D eigenvalue weighted by Crippen LogP contribution is 2.25. The van der Waals surface area contributed by atoms with Crippen molar-refractivity contribution in [1.82, 2.24) is 20.9 Å². The third-order valence-electron chi connectivity index (χ3n) is 4.83. The van der Waals surface area contributed by atoms with E-state index in [4.69, 9.17) is 4.42 Å². The molecule has 1 amide bonds. The maximum absolute atomic E-state index is 12.4. The third-order valence-corrected chi connectivity index (χ3v) is 4.83. The SMILES string of the molecule is CCNC(=NCc1ncc(C(C)(C)C)o1)NC1CCCC(C(=O)NC(C)C)C1. The van der Waals surface area contributed by atoms with Crippen molar-refractivity contribution in [1.29, 1.82) is 0 Å². The van der Waals surface area contributed by atoms with E-state index in [0.29, 0.717) is 12.4 Å². The average Bonchev–Trinajstić information content (AvgIpc) is 3.09. The summed E-state index contributed by atoms with van der Waals surface area (Å²) in [4.78, 5) is 21.3. The lowest BCUT2D eigenvalue weighted by atomic mass is 9.85. The predicted octanol–water partition coefficient (Wildman–Crippen LogP) is 3.11. The topological polar surface area (TPSA) is 91.6 Å². The van der Waals surface area contributed by atoms with E-state index >= 15 is 0 Å². The number of carbonyl (C=O) groups excluding carboxylic acids is 1. The summed E-state index contributed by atoms with van der Waals surface area (Å²) in [6.07, 6.45) is 5.65. The molecule has 1 aliphatic carbocycles. The Morgan fingerprint density at radius 3 is 2.71 bits per heavy atom. The van der Waals surface area contributed by atoms with Crippen molar-refractivity contribution < 1.29 is 9.21 Å². The molecule has 7 heteroatoms. The smallest absolute Gasteiger partial charge is 0.223 e. The van der Waals surface area contributed by atoms with Crippen molar-refractivity contribution >= 4 is 11.9 Å². The molecule has 3 N–H and O–H groups in total. The van der Waals surface area contributed by atoms with Gasteiger partial charge in [-0.25, -0.2) is 9.98 Å². The average molecular weight is 392 g/mol. The van der Waals surface area contributed by atoms with Gasteiger partial charge in [-0.3, -0.25) is 4.79 Å². The van der Waals surface area contributed by atoms with Crippen molar-refractivity contribution in [2.75, 3.05) is 6.54 Å². The highest BCUT2D eigenvalue weighted by atomic mass is 16.4. The minimum absolute atomic E-state index is 0.0641. The first kappa shape index (κ1) is 22.2. The van der Waals surface area contributed by atoms with Gasteiger partial charge in [-0.2, -0.15) is 0 Å². The number of carbonyl (C=O) groups is 1. The number of nitrogens with zero attached hydrogens (tertiary/aromatic N) is 2. The fourth-order valence-corrected chi connectivity index (χ4v) is 3.35. The van der Waals surface area contributed by atoms with E-state index in [1.165, 1.54) is 0 Å². The monoisotopic (exact) mass is 391 g/mol. The number of hydrogen-bond donors (Lipinski definition) is 3. The summed E-state index contributed by atoms with van der Waals surface area (Å²) in [5.41, 5.74) is -0.0641. The van der Waals surface area contributed by atoms with Crippen LogP contribution < -0.4 is 16.0 Å². The van der Waals surface area contributed by atoms with Crippen molar-refractivity contribution in [3.63, 3.8) is 0 Å². The van der Waals surface area contributed by atoms with Crippen LogP contribution in [0.3, 0.4) is 0 Å². The van der Waals surface area contributed by atoms with E-state index < -0.39 is 0 Å². The highest BCUT2D eigenvalue weighted by Gasteiger charge is 2.28. The van der Waals surface area contributed by atoms with Gasteiger partial charge in [0.15, 0.2) is 5.96 Å². The van der Waals surface area contributed by atoms with Crippen molar-refractivity contribution in [3.05, 3.63) is 17.8 Å². The summed E-state index contributed by atoms with van der Waals surface area (Å²) in [6, 6.07) is 0.419. The summed E-state index contributed by atoms with van der Waals surface area (Å²) in [5, 5.41) is 9.81. The molecule has 7 nitrogen and oxygen atoms in total. The Morgan fingerprint density at radius 2 is 2.11 bits per heavy atom. The van der Waals surface area contributed by atoms with Crippen LogP contribution in [0.4, 0.5) is 0 Å². The van der Waals surface area contributed by atoms with E-state index in [1.807, 2.05) is 20.8 Å². The van der Waals surface area contributed by atoms with Crippen LogP contribution in [0.5, 0.6) is 0 Å². The number of aromatic nitrogens is 1. The van der Waals surface area contributed by atoms with Crippen LogP contribution in [0.25, 0.3) is 0 Å². The molecule has 1 saturated carbocycles. The van der Waals surface area contributed by atoms with Crippen LogP contribution >= 0.6 is 0 Å². The van der Waals surface area contributed by atoms with Gasteiger partial charge in [0.25, 0.3) is 0 Å². The first-order valence-electron chi connectivity index (χ1n) is 10.5. The van der Waals surface area contributed by atoms with E-state index in [2.05, 4.69) is 46.7 Å². The Morgan fingerprint density at radius 1 is 1.36 bits per heavy atom. The van der Waals surface area contributed by atoms with Gasteiger partial charge in [0.2, 0.25) is 11.8 Å². The zero-order valence-electron chi connectivity index (χ0n) is 18.3. The quantitative estimate of drug-likeness (QED) is 0.512. The van der Waals surface area contributed by atoms with Crippen LogP contribution in [-0.2, 0) is 16.8 Å². The minimum atomic E-state index is -0.0641. The largest absolute Gasteiger partial charge is 0.443 e. The van der Waals surface area contributed by atoms with E-state index in [1.54, 1.807) is 6.20 Å². The maximum atomic E-state index is 12.4. The fourth-order valence-electron chi connectivity index (χ4n) is 3.35. The molecule has 1 aromatic rings. The molecule has 0 bridgehead atoms. The maximum Gasteiger partial charge on any atom is 0.223 e. The lowest BCUT2D eigenvalue weighted by Gasteiger charge is -2.30. The number of aliphatic imine (C=N–C) groups is 1. The summed E-state index contributed by atoms with van der Waals surface area (Å²) < 4.78 is 5.83. The van der Waals surface area contributed by atoms with Crippen LogP contribution in [0.15, 0.2) is 15.6 Å². The Kier molecular flexibility index (Phi) is 7.89. The third kappa shape index (κ3) is 6.84. The van der Waals surface area contributed by atoms with Crippen molar-refractivity contribution in [2.24, 2.45) is 10.9 Å². The normalized spacial score (nSPS) is 20.9. The predicted molar refractivity (Wildman–Crippen MR) is 112 cm³/mol. The van der Waals surface area contributed by atoms with Crippen LogP contribution in [0.2, 0.25) is 0 Å². The van der Waals surface area contributed by atoms with Gasteiger partial charge in [0.1, 0.15) is 12.3 Å². The number of guanidine groups is 1. The molecule has 2 rings (SSSR count). The van der Waals surface area contributed by atoms with Gasteiger partial charge in [-0.1, -0.05) is 27.2 Å². The van der Waals surface area contributed by atoms with E-state index in [0.717, 1.165) is 43.9 Å². The summed E-state index contributed by atoms with van der Waals surface area (Å²) >= 11 is 0. The lowest BCUT2D eigenvalue weighted by Crippen LogP contribution is -2.47. The second-order valence-corrected chi connectivity index (χ2v) is 8.93. The molecule has 1 aliphatic rings. The molecule has 0 aliphatic heterocycles. The van der Waals surface area contributed by atoms with Gasteiger partial charge in [0.05, 0.1) is 6.20 Å². The summed E-state index contributed by atoms with van der Waals surface area (Å²) in [5.74, 6) is 2.45. The Balaban J connectivity index is 1.96. The Labute approximate surface area is 169 Å². The molecule has 0 spiro atoms. The van der Waals surface area contributed by atoms with Crippen LogP contribution in [0, 0.1) is 5.92 Å². The fraction of sp³-hybridized carbons (Fsp3) is 0.762. The molecule has 1 fully saturated rings. The number of hydrogen-bond acceptors (Lipinski definition) is 4. The minimum Gasteiger partial charge on any atom is -0.443 e. The first-order valence-corrected chi connectivity index (χ1v) is 10.5. The highest BCUT2D eigenvalue weighted by molar-refractivity contribution is 5.81. The zero-order chi connectivity index (χ0) is 20.7. The van der Waals surface area contributed by atoms with Gasteiger partial charge >= 0.3 is 0 Å². The van der Waals surface area contributed by atoms with Gasteiger partial charge in [-0.05, 0) is 40.0 Å². The van der Waals surface area contributed by atoms with Crippen molar-refractivity contribution in [2.45, 2.75) is 91.3 Å².